The SMILES string of the molecule is Cc1ccc(NC(=O)CN2C(=O)C(C)Oc3ccc(-c4csc(-c5ccccn5)n4)cc32)cc1Cl. The lowest BCUT2D eigenvalue weighted by Gasteiger charge is -2.32. The van der Waals surface area contributed by atoms with Crippen LogP contribution in [0.25, 0.3) is 22.0 Å². The number of benzene rings is 2. The third-order valence-electron chi connectivity index (χ3n) is 5.61. The normalized spacial score (nSPS) is 14.9. The summed E-state index contributed by atoms with van der Waals surface area (Å²) in [7, 11) is 0. The molecule has 1 aliphatic heterocycles. The number of rotatable bonds is 5. The lowest BCUT2D eigenvalue weighted by Crippen LogP contribution is -2.47. The molecule has 0 aliphatic carbocycles. The van der Waals surface area contributed by atoms with Crippen molar-refractivity contribution in [1.82, 2.24) is 9.97 Å². The van der Waals surface area contributed by atoms with Crippen molar-refractivity contribution in [2.24, 2.45) is 0 Å². The van der Waals surface area contributed by atoms with Gasteiger partial charge in [-0.2, -0.15) is 0 Å². The fourth-order valence-corrected chi connectivity index (χ4v) is 4.74. The van der Waals surface area contributed by atoms with Crippen LogP contribution < -0.4 is 15.0 Å². The minimum atomic E-state index is -0.704. The third kappa shape index (κ3) is 4.76. The van der Waals surface area contributed by atoms with Crippen LogP contribution in [0, 0.1) is 6.92 Å². The number of hydrogen-bond acceptors (Lipinski definition) is 6. The number of pyridine rings is 1. The van der Waals surface area contributed by atoms with Crippen LogP contribution in [0.3, 0.4) is 0 Å². The van der Waals surface area contributed by atoms with Gasteiger partial charge >= 0.3 is 0 Å². The first kappa shape index (κ1) is 23.0. The van der Waals surface area contributed by atoms with Crippen molar-refractivity contribution in [3.8, 4) is 27.7 Å². The largest absolute Gasteiger partial charge is 0.479 e. The molecule has 0 spiro atoms. The quantitative estimate of drug-likeness (QED) is 0.383. The van der Waals surface area contributed by atoms with Crippen LogP contribution >= 0.6 is 22.9 Å². The number of hydrogen-bond donors (Lipinski definition) is 1. The van der Waals surface area contributed by atoms with Crippen molar-refractivity contribution < 1.29 is 14.3 Å². The summed E-state index contributed by atoms with van der Waals surface area (Å²) < 4.78 is 5.80. The predicted molar refractivity (Wildman–Crippen MR) is 138 cm³/mol. The van der Waals surface area contributed by atoms with Gasteiger partial charge in [0.15, 0.2) is 6.10 Å². The number of carbonyl (C=O) groups excluding carboxylic acids is 2. The van der Waals surface area contributed by atoms with E-state index >= 15 is 0 Å². The molecule has 3 heterocycles. The number of nitrogens with one attached hydrogen (secondary N) is 1. The van der Waals surface area contributed by atoms with Crippen molar-refractivity contribution in [2.75, 3.05) is 16.8 Å². The number of anilines is 2. The average molecular weight is 505 g/mol. The summed E-state index contributed by atoms with van der Waals surface area (Å²) in [5, 5.41) is 6.11. The molecule has 0 radical (unpaired) electrons. The number of ether oxygens (including phenoxy) is 1. The van der Waals surface area contributed by atoms with Crippen molar-refractivity contribution in [3.63, 3.8) is 0 Å². The van der Waals surface area contributed by atoms with Crippen LogP contribution in [0.2, 0.25) is 5.02 Å². The fraction of sp³-hybridized carbons (Fsp3) is 0.154. The van der Waals surface area contributed by atoms with Gasteiger partial charge in [-0.3, -0.25) is 19.5 Å². The molecule has 1 aliphatic rings. The topological polar surface area (TPSA) is 84.4 Å². The van der Waals surface area contributed by atoms with Gasteiger partial charge in [-0.25, -0.2) is 4.98 Å². The summed E-state index contributed by atoms with van der Waals surface area (Å²) in [6.07, 6.45) is 1.03. The van der Waals surface area contributed by atoms with Gasteiger partial charge in [-0.05, 0) is 61.9 Å². The monoisotopic (exact) mass is 504 g/mol. The fourth-order valence-electron chi connectivity index (χ4n) is 3.76. The van der Waals surface area contributed by atoms with Gasteiger partial charge in [0.25, 0.3) is 5.91 Å². The second-order valence-electron chi connectivity index (χ2n) is 8.13. The highest BCUT2D eigenvalue weighted by Gasteiger charge is 2.33. The van der Waals surface area contributed by atoms with Gasteiger partial charge < -0.3 is 10.1 Å². The Labute approximate surface area is 211 Å². The van der Waals surface area contributed by atoms with E-state index in [1.165, 1.54) is 16.2 Å². The second-order valence-corrected chi connectivity index (χ2v) is 9.40. The standard InChI is InChI=1S/C26H21ClN4O3S/c1-15-6-8-18(12-19(15)27)29-24(32)13-31-22-11-17(7-9-23(22)34-16(2)26(31)33)21-14-35-25(30-21)20-5-3-4-10-28-20/h3-12,14,16H,13H2,1-2H3,(H,29,32). The summed E-state index contributed by atoms with van der Waals surface area (Å²) in [5.74, 6) is -0.0961. The zero-order valence-electron chi connectivity index (χ0n) is 19.0. The van der Waals surface area contributed by atoms with Crippen LogP contribution in [-0.2, 0) is 9.59 Å². The first-order chi connectivity index (χ1) is 16.9. The highest BCUT2D eigenvalue weighted by molar-refractivity contribution is 7.13. The summed E-state index contributed by atoms with van der Waals surface area (Å²) in [4.78, 5) is 36.4. The van der Waals surface area contributed by atoms with E-state index in [2.05, 4.69) is 10.3 Å². The minimum Gasteiger partial charge on any atom is -0.479 e. The van der Waals surface area contributed by atoms with Gasteiger partial charge in [0, 0.05) is 27.9 Å². The van der Waals surface area contributed by atoms with Crippen molar-refractivity contribution >= 4 is 46.1 Å². The van der Waals surface area contributed by atoms with E-state index in [0.717, 1.165) is 27.5 Å². The molecule has 1 unspecified atom stereocenters. The smallest absolute Gasteiger partial charge is 0.268 e. The van der Waals surface area contributed by atoms with E-state index in [9.17, 15) is 9.59 Å². The zero-order valence-corrected chi connectivity index (χ0v) is 20.6. The Balaban J connectivity index is 1.42. The molecule has 7 nitrogen and oxygen atoms in total. The van der Waals surface area contributed by atoms with E-state index < -0.39 is 6.10 Å². The predicted octanol–water partition coefficient (Wildman–Crippen LogP) is 5.59. The molecule has 1 atom stereocenters. The Morgan fingerprint density at radius 2 is 2.03 bits per heavy atom. The molecule has 176 valence electrons. The molecule has 1 N–H and O–H groups in total. The highest BCUT2D eigenvalue weighted by Crippen LogP contribution is 2.38. The number of aromatic nitrogens is 2. The second kappa shape index (κ2) is 9.48. The van der Waals surface area contributed by atoms with E-state index in [4.69, 9.17) is 21.3 Å². The summed E-state index contributed by atoms with van der Waals surface area (Å²) in [6.45, 7) is 3.39. The first-order valence-electron chi connectivity index (χ1n) is 10.9. The van der Waals surface area contributed by atoms with E-state index in [1.54, 1.807) is 31.3 Å². The van der Waals surface area contributed by atoms with E-state index in [1.807, 2.05) is 48.7 Å². The molecule has 2 aromatic heterocycles. The number of aryl methyl sites for hydroxylation is 1. The maximum atomic E-state index is 13.0. The number of nitrogens with zero attached hydrogens (tertiary/aromatic N) is 3. The van der Waals surface area contributed by atoms with Crippen LogP contribution in [0.5, 0.6) is 5.75 Å². The summed E-state index contributed by atoms with van der Waals surface area (Å²) >= 11 is 7.66. The number of fused-ring (bicyclic) bond motifs is 1. The lowest BCUT2D eigenvalue weighted by atomic mass is 10.1. The molecule has 0 saturated carbocycles. The van der Waals surface area contributed by atoms with Gasteiger partial charge in [-0.1, -0.05) is 23.7 Å². The first-order valence-corrected chi connectivity index (χ1v) is 12.2. The molecule has 2 amide bonds. The Morgan fingerprint density at radius 1 is 1.17 bits per heavy atom. The minimum absolute atomic E-state index is 0.162. The molecule has 2 aromatic carbocycles. The molecular formula is C26H21ClN4O3S. The molecule has 35 heavy (non-hydrogen) atoms. The van der Waals surface area contributed by atoms with Crippen molar-refractivity contribution in [2.45, 2.75) is 20.0 Å². The molecule has 0 saturated heterocycles. The van der Waals surface area contributed by atoms with Gasteiger partial charge in [0.05, 0.1) is 17.1 Å². The Hall–Kier alpha value is -3.75. The van der Waals surface area contributed by atoms with E-state index in [0.29, 0.717) is 22.1 Å². The molecular weight excluding hydrogens is 484 g/mol. The van der Waals surface area contributed by atoms with Crippen molar-refractivity contribution in [3.05, 3.63) is 76.8 Å². The Morgan fingerprint density at radius 3 is 2.80 bits per heavy atom. The third-order valence-corrected chi connectivity index (χ3v) is 6.88. The Bertz CT molecular complexity index is 1420. The number of thiazole rings is 1. The van der Waals surface area contributed by atoms with Gasteiger partial charge in [0.2, 0.25) is 5.91 Å². The van der Waals surface area contributed by atoms with E-state index in [-0.39, 0.29) is 18.4 Å². The molecule has 4 aromatic rings. The number of carbonyl (C=O) groups is 2. The summed E-state index contributed by atoms with van der Waals surface area (Å²) in [5.41, 5.74) is 4.36. The molecule has 5 rings (SSSR count). The van der Waals surface area contributed by atoms with Crippen molar-refractivity contribution in [1.29, 1.82) is 0 Å². The van der Waals surface area contributed by atoms with Crippen LogP contribution in [0.15, 0.2) is 66.2 Å². The number of amides is 2. The van der Waals surface area contributed by atoms with Crippen LogP contribution in [0.4, 0.5) is 11.4 Å². The van der Waals surface area contributed by atoms with Crippen LogP contribution in [-0.4, -0.2) is 34.4 Å². The van der Waals surface area contributed by atoms with Crippen LogP contribution in [0.1, 0.15) is 12.5 Å². The summed E-state index contributed by atoms with van der Waals surface area (Å²) in [6, 6.07) is 16.5. The average Bonchev–Trinajstić information content (AvgIpc) is 3.35. The van der Waals surface area contributed by atoms with Gasteiger partial charge in [-0.15, -0.1) is 11.3 Å². The maximum absolute atomic E-state index is 13.0. The number of halogens is 1. The molecule has 0 fully saturated rings. The Kier molecular flexibility index (Phi) is 6.23. The molecule has 0 bridgehead atoms. The lowest BCUT2D eigenvalue weighted by molar-refractivity contribution is -0.127. The van der Waals surface area contributed by atoms with Gasteiger partial charge in [0.1, 0.15) is 17.3 Å². The molecule has 9 heteroatoms. The highest BCUT2D eigenvalue weighted by atomic mass is 35.5. The zero-order chi connectivity index (χ0) is 24.5. The maximum Gasteiger partial charge on any atom is 0.268 e.